The molecular formula is C38H24N2. The Hall–Kier alpha value is -5.08. The molecule has 2 nitrogen and oxygen atoms in total. The summed E-state index contributed by atoms with van der Waals surface area (Å²) in [6, 6.07) is 43.6. The van der Waals surface area contributed by atoms with Crippen LogP contribution in [0.5, 0.6) is 0 Å². The van der Waals surface area contributed by atoms with Gasteiger partial charge >= 0.3 is 0 Å². The zero-order valence-corrected chi connectivity index (χ0v) is 21.9. The maximum absolute atomic E-state index is 5.37. The summed E-state index contributed by atoms with van der Waals surface area (Å²) in [6.07, 6.45) is 1.78. The lowest BCUT2D eigenvalue weighted by atomic mass is 9.87. The fourth-order valence-electron chi connectivity index (χ4n) is 7.02. The van der Waals surface area contributed by atoms with Crippen LogP contribution in [0.15, 0.2) is 121 Å². The zero-order valence-electron chi connectivity index (χ0n) is 21.9. The summed E-state index contributed by atoms with van der Waals surface area (Å²) in [7, 11) is 0. The van der Waals surface area contributed by atoms with Crippen LogP contribution in [0.4, 0.5) is 0 Å². The van der Waals surface area contributed by atoms with E-state index < -0.39 is 0 Å². The molecule has 0 saturated carbocycles. The first kappa shape index (κ1) is 21.8. The fraction of sp³-hybridized carbons (Fsp3) is 0.0526. The van der Waals surface area contributed by atoms with Crippen molar-refractivity contribution in [1.82, 2.24) is 9.97 Å². The first-order valence-corrected chi connectivity index (χ1v) is 13.9. The van der Waals surface area contributed by atoms with Crippen LogP contribution in [0.3, 0.4) is 0 Å². The average Bonchev–Trinajstić information content (AvgIpc) is 3.57. The number of fused-ring (bicyclic) bond motifs is 9. The van der Waals surface area contributed by atoms with Gasteiger partial charge in [0.2, 0.25) is 0 Å². The van der Waals surface area contributed by atoms with Crippen molar-refractivity contribution in [2.24, 2.45) is 0 Å². The SMILES string of the molecule is c1ccc(-c2c3c(nc4ccc5nc6c(c(-c7ccccc7)c5c24)Cc2ccccc2-6)-c2ccccc2C3)cc1. The molecule has 2 heterocycles. The maximum Gasteiger partial charge on any atom is 0.0754 e. The number of benzene rings is 5. The lowest BCUT2D eigenvalue weighted by Gasteiger charge is -2.19. The molecule has 2 aliphatic carbocycles. The number of pyridine rings is 2. The molecule has 0 spiro atoms. The van der Waals surface area contributed by atoms with Crippen molar-refractivity contribution in [2.75, 3.05) is 0 Å². The van der Waals surface area contributed by atoms with Gasteiger partial charge in [0, 0.05) is 34.7 Å². The molecule has 0 bridgehead atoms. The van der Waals surface area contributed by atoms with Crippen molar-refractivity contribution >= 4 is 21.8 Å². The summed E-state index contributed by atoms with van der Waals surface area (Å²) in [4.78, 5) is 10.7. The van der Waals surface area contributed by atoms with Gasteiger partial charge in [-0.1, -0.05) is 109 Å². The molecule has 2 aliphatic rings. The maximum atomic E-state index is 5.37. The van der Waals surface area contributed by atoms with Gasteiger partial charge in [-0.2, -0.15) is 0 Å². The zero-order chi connectivity index (χ0) is 26.2. The number of rotatable bonds is 2. The first-order valence-electron chi connectivity index (χ1n) is 13.9. The summed E-state index contributed by atoms with van der Waals surface area (Å²) in [5.74, 6) is 0. The molecule has 186 valence electrons. The van der Waals surface area contributed by atoms with E-state index in [-0.39, 0.29) is 0 Å². The van der Waals surface area contributed by atoms with Crippen molar-refractivity contribution in [2.45, 2.75) is 12.8 Å². The molecule has 0 unspecified atom stereocenters. The second-order valence-corrected chi connectivity index (χ2v) is 10.9. The van der Waals surface area contributed by atoms with Crippen LogP contribution in [-0.2, 0) is 12.8 Å². The number of hydrogen-bond donors (Lipinski definition) is 0. The molecule has 5 aromatic carbocycles. The van der Waals surface area contributed by atoms with E-state index in [1.807, 2.05) is 0 Å². The molecule has 9 rings (SSSR count). The van der Waals surface area contributed by atoms with Crippen LogP contribution in [-0.4, -0.2) is 9.97 Å². The minimum atomic E-state index is 0.888. The first-order chi connectivity index (χ1) is 19.8. The van der Waals surface area contributed by atoms with Gasteiger partial charge < -0.3 is 0 Å². The standard InChI is InChI=1S/C38H24N2/c1-3-11-23(12-4-1)33-29-21-25-15-7-9-17-27(25)37(29)39-31-19-20-32-36(35(31)33)34(24-13-5-2-6-14-24)30-22-26-16-8-10-18-28(26)38(30)40-32/h1-20H,21-22H2. The molecule has 0 atom stereocenters. The summed E-state index contributed by atoms with van der Waals surface area (Å²) < 4.78 is 0. The third-order valence-electron chi connectivity index (χ3n) is 8.71. The summed E-state index contributed by atoms with van der Waals surface area (Å²) in [5, 5.41) is 2.42. The molecule has 0 radical (unpaired) electrons. The third kappa shape index (κ3) is 2.99. The Labute approximate surface area is 232 Å². The van der Waals surface area contributed by atoms with Crippen LogP contribution in [0.25, 0.3) is 66.6 Å². The minimum Gasteiger partial charge on any atom is -0.247 e. The van der Waals surface area contributed by atoms with E-state index in [2.05, 4.69) is 121 Å². The van der Waals surface area contributed by atoms with Gasteiger partial charge in [-0.15, -0.1) is 0 Å². The van der Waals surface area contributed by atoms with E-state index in [0.29, 0.717) is 0 Å². The monoisotopic (exact) mass is 508 g/mol. The number of nitrogens with zero attached hydrogens (tertiary/aromatic N) is 2. The van der Waals surface area contributed by atoms with Crippen LogP contribution >= 0.6 is 0 Å². The molecule has 40 heavy (non-hydrogen) atoms. The van der Waals surface area contributed by atoms with E-state index in [4.69, 9.17) is 9.97 Å². The van der Waals surface area contributed by atoms with Crippen molar-refractivity contribution in [3.63, 3.8) is 0 Å². The van der Waals surface area contributed by atoms with Crippen molar-refractivity contribution < 1.29 is 0 Å². The average molecular weight is 509 g/mol. The summed E-state index contributed by atoms with van der Waals surface area (Å²) in [5.41, 5.74) is 17.1. The molecule has 0 fully saturated rings. The number of aromatic nitrogens is 2. The lowest BCUT2D eigenvalue weighted by Crippen LogP contribution is -1.99. The predicted molar refractivity (Wildman–Crippen MR) is 164 cm³/mol. The molecule has 0 aliphatic heterocycles. The van der Waals surface area contributed by atoms with E-state index in [9.17, 15) is 0 Å². The Bertz CT molecular complexity index is 1990. The molecule has 0 amide bonds. The molecular weight excluding hydrogens is 484 g/mol. The van der Waals surface area contributed by atoms with Gasteiger partial charge in [0.25, 0.3) is 0 Å². The topological polar surface area (TPSA) is 25.8 Å². The summed E-state index contributed by atoms with van der Waals surface area (Å²) >= 11 is 0. The normalized spacial score (nSPS) is 12.8. The van der Waals surface area contributed by atoms with E-state index in [0.717, 1.165) is 35.3 Å². The van der Waals surface area contributed by atoms with Gasteiger partial charge in [0.15, 0.2) is 0 Å². The highest BCUT2D eigenvalue weighted by atomic mass is 14.7. The van der Waals surface area contributed by atoms with Gasteiger partial charge in [-0.05, 0) is 56.6 Å². The molecule has 2 heteroatoms. The second kappa shape index (κ2) is 8.21. The highest BCUT2D eigenvalue weighted by Crippen LogP contribution is 2.50. The van der Waals surface area contributed by atoms with Crippen molar-refractivity contribution in [3.8, 4) is 44.8 Å². The highest BCUT2D eigenvalue weighted by Gasteiger charge is 2.30. The van der Waals surface area contributed by atoms with E-state index >= 15 is 0 Å². The van der Waals surface area contributed by atoms with Crippen LogP contribution in [0.1, 0.15) is 22.3 Å². The molecule has 7 aromatic rings. The molecule has 0 saturated heterocycles. The Morgan fingerprint density at radius 2 is 0.800 bits per heavy atom. The fourth-order valence-corrected chi connectivity index (χ4v) is 7.02. The van der Waals surface area contributed by atoms with E-state index in [1.54, 1.807) is 0 Å². The predicted octanol–water partition coefficient (Wildman–Crippen LogP) is 9.26. The third-order valence-corrected chi connectivity index (χ3v) is 8.71. The minimum absolute atomic E-state index is 0.888. The van der Waals surface area contributed by atoms with Gasteiger partial charge in [-0.25, -0.2) is 9.97 Å². The van der Waals surface area contributed by atoms with E-state index in [1.165, 1.54) is 66.4 Å². The summed E-state index contributed by atoms with van der Waals surface area (Å²) in [6.45, 7) is 0. The smallest absolute Gasteiger partial charge is 0.0754 e. The quantitative estimate of drug-likeness (QED) is 0.217. The van der Waals surface area contributed by atoms with Gasteiger partial charge in [0.1, 0.15) is 0 Å². The Morgan fingerprint density at radius 3 is 1.25 bits per heavy atom. The Morgan fingerprint density at radius 1 is 0.400 bits per heavy atom. The number of hydrogen-bond acceptors (Lipinski definition) is 2. The van der Waals surface area contributed by atoms with Crippen LogP contribution in [0.2, 0.25) is 0 Å². The molecule has 0 N–H and O–H groups in total. The van der Waals surface area contributed by atoms with Crippen molar-refractivity contribution in [3.05, 3.63) is 144 Å². The van der Waals surface area contributed by atoms with Crippen LogP contribution in [0, 0.1) is 0 Å². The largest absolute Gasteiger partial charge is 0.247 e. The van der Waals surface area contributed by atoms with Crippen LogP contribution < -0.4 is 0 Å². The Kier molecular flexibility index (Phi) is 4.48. The van der Waals surface area contributed by atoms with Crippen molar-refractivity contribution in [1.29, 1.82) is 0 Å². The Balaban J connectivity index is 1.49. The van der Waals surface area contributed by atoms with Gasteiger partial charge in [0.05, 0.1) is 22.4 Å². The highest BCUT2D eigenvalue weighted by molar-refractivity contribution is 6.20. The second-order valence-electron chi connectivity index (χ2n) is 10.9. The van der Waals surface area contributed by atoms with Gasteiger partial charge in [-0.3, -0.25) is 0 Å². The lowest BCUT2D eigenvalue weighted by molar-refractivity contribution is 1.25. The molecule has 2 aromatic heterocycles.